The summed E-state index contributed by atoms with van der Waals surface area (Å²) in [6, 6.07) is 3.82. The highest BCUT2D eigenvalue weighted by molar-refractivity contribution is 6.35. The average molecular weight is 258 g/mol. The summed E-state index contributed by atoms with van der Waals surface area (Å²) in [7, 11) is 0. The SMILES string of the molecule is CC(=O)NNC(=O)c1cccc([N+](=O)[O-])c1Cl. The van der Waals surface area contributed by atoms with Crippen molar-refractivity contribution in [3.05, 3.63) is 38.9 Å². The zero-order chi connectivity index (χ0) is 13.0. The van der Waals surface area contributed by atoms with Gasteiger partial charge < -0.3 is 0 Å². The molecule has 0 aliphatic rings. The van der Waals surface area contributed by atoms with Crippen molar-refractivity contribution in [2.45, 2.75) is 6.92 Å². The van der Waals surface area contributed by atoms with Gasteiger partial charge in [-0.3, -0.25) is 30.6 Å². The Morgan fingerprint density at radius 1 is 1.35 bits per heavy atom. The first-order valence-corrected chi connectivity index (χ1v) is 4.81. The smallest absolute Gasteiger partial charge is 0.274 e. The second-order valence-electron chi connectivity index (χ2n) is 3.03. The van der Waals surface area contributed by atoms with E-state index in [1.165, 1.54) is 25.1 Å². The number of hydrogen-bond acceptors (Lipinski definition) is 4. The first-order valence-electron chi connectivity index (χ1n) is 4.43. The molecule has 0 fully saturated rings. The van der Waals surface area contributed by atoms with Crippen LogP contribution < -0.4 is 10.9 Å². The van der Waals surface area contributed by atoms with Crippen molar-refractivity contribution >= 4 is 29.1 Å². The third-order valence-electron chi connectivity index (χ3n) is 1.77. The van der Waals surface area contributed by atoms with Gasteiger partial charge in [0.05, 0.1) is 10.5 Å². The predicted octanol–water partition coefficient (Wildman–Crippen LogP) is 1.03. The lowest BCUT2D eigenvalue weighted by atomic mass is 10.2. The van der Waals surface area contributed by atoms with Crippen molar-refractivity contribution in [2.24, 2.45) is 0 Å². The Morgan fingerprint density at radius 2 is 2.00 bits per heavy atom. The lowest BCUT2D eigenvalue weighted by Gasteiger charge is -2.06. The van der Waals surface area contributed by atoms with E-state index in [-0.39, 0.29) is 16.3 Å². The fourth-order valence-electron chi connectivity index (χ4n) is 1.05. The van der Waals surface area contributed by atoms with Gasteiger partial charge in [-0.2, -0.15) is 0 Å². The Kier molecular flexibility index (Phi) is 4.00. The van der Waals surface area contributed by atoms with Crippen LogP contribution in [0.25, 0.3) is 0 Å². The minimum atomic E-state index is -0.728. The van der Waals surface area contributed by atoms with Gasteiger partial charge in [0.25, 0.3) is 11.6 Å². The van der Waals surface area contributed by atoms with Crippen LogP contribution in [-0.4, -0.2) is 16.7 Å². The number of hydrogen-bond donors (Lipinski definition) is 2. The van der Waals surface area contributed by atoms with Gasteiger partial charge in [-0.05, 0) is 6.07 Å². The van der Waals surface area contributed by atoms with Gasteiger partial charge in [0, 0.05) is 13.0 Å². The van der Waals surface area contributed by atoms with Crippen LogP contribution in [-0.2, 0) is 4.79 Å². The van der Waals surface area contributed by atoms with E-state index in [0.29, 0.717) is 0 Å². The van der Waals surface area contributed by atoms with Crippen molar-refractivity contribution in [2.75, 3.05) is 0 Å². The minimum absolute atomic E-state index is 0.0883. The summed E-state index contributed by atoms with van der Waals surface area (Å²) >= 11 is 5.70. The highest BCUT2D eigenvalue weighted by Gasteiger charge is 2.19. The topological polar surface area (TPSA) is 101 Å². The van der Waals surface area contributed by atoms with Gasteiger partial charge in [-0.25, -0.2) is 0 Å². The molecule has 8 heteroatoms. The number of benzene rings is 1. The van der Waals surface area contributed by atoms with Crippen LogP contribution in [0.15, 0.2) is 18.2 Å². The Hall–Kier alpha value is -2.15. The molecular weight excluding hydrogens is 250 g/mol. The molecule has 0 aliphatic heterocycles. The van der Waals surface area contributed by atoms with Crippen LogP contribution in [0.3, 0.4) is 0 Å². The molecule has 90 valence electrons. The summed E-state index contributed by atoms with van der Waals surface area (Å²) in [5, 5.41) is 10.3. The van der Waals surface area contributed by atoms with Crippen LogP contribution in [0.5, 0.6) is 0 Å². The standard InChI is InChI=1S/C9H8ClN3O4/c1-5(14)11-12-9(15)6-3-2-4-7(8(6)10)13(16)17/h2-4H,1H3,(H,11,14)(H,12,15). The maximum absolute atomic E-state index is 11.5. The van der Waals surface area contributed by atoms with E-state index < -0.39 is 16.7 Å². The van der Waals surface area contributed by atoms with Crippen molar-refractivity contribution in [1.82, 2.24) is 10.9 Å². The van der Waals surface area contributed by atoms with Crippen LogP contribution in [0.1, 0.15) is 17.3 Å². The fourth-order valence-corrected chi connectivity index (χ4v) is 1.33. The number of nitro benzene ring substituents is 1. The van der Waals surface area contributed by atoms with Gasteiger partial charge >= 0.3 is 0 Å². The summed E-state index contributed by atoms with van der Waals surface area (Å²) < 4.78 is 0. The molecule has 2 amide bonds. The number of carbonyl (C=O) groups excluding carboxylic acids is 2. The number of hydrazine groups is 1. The molecule has 0 bridgehead atoms. The van der Waals surface area contributed by atoms with Crippen LogP contribution in [0, 0.1) is 10.1 Å². The van der Waals surface area contributed by atoms with E-state index in [4.69, 9.17) is 11.6 Å². The summed E-state index contributed by atoms with van der Waals surface area (Å²) in [5.74, 6) is -1.20. The molecule has 1 aromatic rings. The average Bonchev–Trinajstić information content (AvgIpc) is 2.25. The van der Waals surface area contributed by atoms with Crippen molar-refractivity contribution in [1.29, 1.82) is 0 Å². The third-order valence-corrected chi connectivity index (χ3v) is 2.17. The predicted molar refractivity (Wildman–Crippen MR) is 59.4 cm³/mol. The molecule has 17 heavy (non-hydrogen) atoms. The molecule has 0 aliphatic carbocycles. The Morgan fingerprint density at radius 3 is 2.53 bits per heavy atom. The number of carbonyl (C=O) groups is 2. The van der Waals surface area contributed by atoms with Gasteiger partial charge in [-0.1, -0.05) is 17.7 Å². The Labute approximate surface area is 101 Å². The van der Waals surface area contributed by atoms with Gasteiger partial charge in [-0.15, -0.1) is 0 Å². The van der Waals surface area contributed by atoms with Crippen LogP contribution in [0.4, 0.5) is 5.69 Å². The fraction of sp³-hybridized carbons (Fsp3) is 0.111. The normalized spacial score (nSPS) is 9.53. The van der Waals surface area contributed by atoms with Crippen LogP contribution >= 0.6 is 11.6 Å². The molecule has 0 spiro atoms. The molecule has 0 heterocycles. The Bertz CT molecular complexity index is 489. The summed E-state index contributed by atoms with van der Waals surface area (Å²) in [5.41, 5.74) is 3.65. The highest BCUT2D eigenvalue weighted by Crippen LogP contribution is 2.27. The van der Waals surface area contributed by atoms with Gasteiger partial charge in [0.15, 0.2) is 0 Å². The molecule has 1 aromatic carbocycles. The molecule has 2 N–H and O–H groups in total. The first-order chi connectivity index (χ1) is 7.93. The zero-order valence-electron chi connectivity index (χ0n) is 8.69. The number of amides is 2. The number of nitrogens with one attached hydrogen (secondary N) is 2. The number of rotatable bonds is 2. The zero-order valence-corrected chi connectivity index (χ0v) is 9.45. The lowest BCUT2D eigenvalue weighted by molar-refractivity contribution is -0.384. The number of nitrogens with zero attached hydrogens (tertiary/aromatic N) is 1. The Balaban J connectivity index is 2.98. The molecular formula is C9H8ClN3O4. The monoisotopic (exact) mass is 257 g/mol. The summed E-state index contributed by atoms with van der Waals surface area (Å²) in [4.78, 5) is 32.0. The maximum Gasteiger partial charge on any atom is 0.288 e. The molecule has 1 rings (SSSR count). The highest BCUT2D eigenvalue weighted by atomic mass is 35.5. The molecule has 0 radical (unpaired) electrons. The van der Waals surface area contributed by atoms with E-state index in [9.17, 15) is 19.7 Å². The molecule has 0 saturated heterocycles. The molecule has 0 atom stereocenters. The second-order valence-corrected chi connectivity index (χ2v) is 3.41. The first kappa shape index (κ1) is 12.9. The molecule has 0 unspecified atom stereocenters. The van der Waals surface area contributed by atoms with E-state index >= 15 is 0 Å². The molecule has 0 aromatic heterocycles. The number of halogens is 1. The van der Waals surface area contributed by atoms with Crippen molar-refractivity contribution in [3.8, 4) is 0 Å². The number of nitro groups is 1. The molecule has 0 saturated carbocycles. The van der Waals surface area contributed by atoms with E-state index in [1.54, 1.807) is 0 Å². The van der Waals surface area contributed by atoms with Crippen LogP contribution in [0.2, 0.25) is 5.02 Å². The lowest BCUT2D eigenvalue weighted by Crippen LogP contribution is -2.40. The maximum atomic E-state index is 11.5. The quantitative estimate of drug-likeness (QED) is 0.610. The molecule has 7 nitrogen and oxygen atoms in total. The summed E-state index contributed by atoms with van der Waals surface area (Å²) in [6.07, 6.45) is 0. The van der Waals surface area contributed by atoms with Gasteiger partial charge in [0.2, 0.25) is 5.91 Å². The van der Waals surface area contributed by atoms with Crippen molar-refractivity contribution < 1.29 is 14.5 Å². The largest absolute Gasteiger partial charge is 0.288 e. The summed E-state index contributed by atoms with van der Waals surface area (Å²) in [6.45, 7) is 1.20. The van der Waals surface area contributed by atoms with E-state index in [1.807, 2.05) is 0 Å². The van der Waals surface area contributed by atoms with Gasteiger partial charge in [0.1, 0.15) is 5.02 Å². The van der Waals surface area contributed by atoms with E-state index in [0.717, 1.165) is 0 Å². The minimum Gasteiger partial charge on any atom is -0.274 e. The van der Waals surface area contributed by atoms with Crippen molar-refractivity contribution in [3.63, 3.8) is 0 Å². The second kappa shape index (κ2) is 5.26. The third kappa shape index (κ3) is 3.15. The van der Waals surface area contributed by atoms with E-state index in [2.05, 4.69) is 10.9 Å².